The van der Waals surface area contributed by atoms with E-state index in [1.807, 2.05) is 12.3 Å². The minimum Gasteiger partial charge on any atom is -0.252 e. The van der Waals surface area contributed by atoms with Gasteiger partial charge in [-0.05, 0) is 105 Å². The van der Waals surface area contributed by atoms with E-state index in [0.717, 1.165) is 69.5 Å². The number of aromatic nitrogens is 4. The van der Waals surface area contributed by atoms with Gasteiger partial charge in [-0.25, -0.2) is 15.0 Å². The Hall–Kier alpha value is -4.44. The topological polar surface area (TPSA) is 51.6 Å². The molecule has 4 heteroatoms. The molecule has 8 rings (SSSR count). The molecule has 0 fully saturated rings. The molecule has 2 aliphatic carbocycles. The first kappa shape index (κ1) is 32.7. The van der Waals surface area contributed by atoms with Crippen LogP contribution in [-0.2, 0) is 28.1 Å². The molecule has 0 radical (unpaired) electrons. The van der Waals surface area contributed by atoms with Gasteiger partial charge in [-0.2, -0.15) is 0 Å². The first-order valence-electron chi connectivity index (χ1n) is 18.3. The maximum absolute atomic E-state index is 5.27. The monoisotopic (exact) mass is 658 g/mol. The van der Waals surface area contributed by atoms with E-state index in [9.17, 15) is 0 Å². The van der Waals surface area contributed by atoms with Crippen LogP contribution >= 0.6 is 0 Å². The van der Waals surface area contributed by atoms with E-state index in [-0.39, 0.29) is 27.1 Å². The minimum atomic E-state index is -0.00620. The van der Waals surface area contributed by atoms with Crippen LogP contribution in [0.3, 0.4) is 0 Å². The number of fused-ring (bicyclic) bond motifs is 4. The van der Waals surface area contributed by atoms with Crippen molar-refractivity contribution < 1.29 is 0 Å². The molecule has 6 aromatic rings. The van der Waals surface area contributed by atoms with Crippen LogP contribution in [0.15, 0.2) is 85.1 Å². The van der Waals surface area contributed by atoms with Crippen LogP contribution < -0.4 is 0 Å². The smallest absolute Gasteiger partial charge is 0.0922 e. The molecule has 50 heavy (non-hydrogen) atoms. The van der Waals surface area contributed by atoms with E-state index >= 15 is 0 Å². The quantitative estimate of drug-likeness (QED) is 0.189. The van der Waals surface area contributed by atoms with E-state index in [4.69, 9.17) is 19.9 Å². The second kappa shape index (κ2) is 10.8. The van der Waals surface area contributed by atoms with Gasteiger partial charge in [0.15, 0.2) is 0 Å². The summed E-state index contributed by atoms with van der Waals surface area (Å²) >= 11 is 0. The van der Waals surface area contributed by atoms with Crippen LogP contribution in [0.1, 0.15) is 109 Å². The number of benzene rings is 4. The standard InChI is InChI=1S/C46H50N4/c1-28-41(50-39-24-34-33(23-38(39)48-28)43(4,5)45(8,9)44(34,6)7)31-18-16-29(17-19-31)26-46(10)21-20-42(2,3)32-22-37-36(25-35(32)46)47-27-40(49-37)30-14-12-11-13-15-30/h11-19,22-25,27H,20-21,26H2,1-10H3. The van der Waals surface area contributed by atoms with Crippen LogP contribution in [0.4, 0.5) is 0 Å². The van der Waals surface area contributed by atoms with E-state index < -0.39 is 0 Å². The van der Waals surface area contributed by atoms with Crippen molar-refractivity contribution >= 4 is 22.1 Å². The van der Waals surface area contributed by atoms with E-state index in [1.165, 1.54) is 27.8 Å². The van der Waals surface area contributed by atoms with Crippen molar-refractivity contribution in [3.05, 3.63) is 119 Å². The Bertz CT molecular complexity index is 2310. The van der Waals surface area contributed by atoms with Gasteiger partial charge in [-0.15, -0.1) is 0 Å². The summed E-state index contributed by atoms with van der Waals surface area (Å²) in [6.07, 6.45) is 5.14. The minimum absolute atomic E-state index is 0.00620. The lowest BCUT2D eigenvalue weighted by Gasteiger charge is -2.44. The zero-order valence-electron chi connectivity index (χ0n) is 31.5. The van der Waals surface area contributed by atoms with Crippen molar-refractivity contribution in [1.29, 1.82) is 0 Å². The molecule has 2 aliphatic rings. The number of nitrogens with zero attached hydrogens (tertiary/aromatic N) is 4. The van der Waals surface area contributed by atoms with Gasteiger partial charge in [0.1, 0.15) is 0 Å². The molecular formula is C46H50N4. The highest BCUT2D eigenvalue weighted by molar-refractivity contribution is 5.82. The Morgan fingerprint density at radius 3 is 1.80 bits per heavy atom. The summed E-state index contributed by atoms with van der Waals surface area (Å²) in [6, 6.07) is 28.7. The summed E-state index contributed by atoms with van der Waals surface area (Å²) in [5, 5.41) is 0. The first-order chi connectivity index (χ1) is 23.5. The Morgan fingerprint density at radius 2 is 1.14 bits per heavy atom. The average Bonchev–Trinajstić information content (AvgIpc) is 3.18. The summed E-state index contributed by atoms with van der Waals surface area (Å²) in [5.74, 6) is 0. The third kappa shape index (κ3) is 4.77. The lowest BCUT2D eigenvalue weighted by molar-refractivity contribution is 0.125. The van der Waals surface area contributed by atoms with Gasteiger partial charge >= 0.3 is 0 Å². The SMILES string of the molecule is Cc1nc2cc3c(cc2nc1-c1ccc(CC2(C)CCC(C)(C)c4cc5nc(-c6ccccc6)cnc5cc42)cc1)C(C)(C)C(C)(C)C3(C)C. The molecule has 254 valence electrons. The van der Waals surface area contributed by atoms with Crippen molar-refractivity contribution in [2.75, 3.05) is 0 Å². The highest BCUT2D eigenvalue weighted by atomic mass is 14.8. The molecule has 0 spiro atoms. The molecule has 2 aromatic heterocycles. The molecule has 2 heterocycles. The predicted octanol–water partition coefficient (Wildman–Crippen LogP) is 11.4. The van der Waals surface area contributed by atoms with Crippen LogP contribution in [-0.4, -0.2) is 19.9 Å². The fourth-order valence-electron chi connectivity index (χ4n) is 9.09. The third-order valence-corrected chi connectivity index (χ3v) is 13.7. The summed E-state index contributed by atoms with van der Waals surface area (Å²) in [6.45, 7) is 23.6. The zero-order chi connectivity index (χ0) is 35.4. The molecule has 4 nitrogen and oxygen atoms in total. The van der Waals surface area contributed by atoms with Gasteiger partial charge < -0.3 is 0 Å². The Kier molecular flexibility index (Phi) is 7.06. The molecule has 1 unspecified atom stereocenters. The molecular weight excluding hydrogens is 609 g/mol. The molecule has 0 N–H and O–H groups in total. The zero-order valence-corrected chi connectivity index (χ0v) is 31.5. The first-order valence-corrected chi connectivity index (χ1v) is 18.3. The number of rotatable bonds is 4. The van der Waals surface area contributed by atoms with Gasteiger partial charge in [-0.3, -0.25) is 4.98 Å². The summed E-state index contributed by atoms with van der Waals surface area (Å²) in [7, 11) is 0. The molecule has 0 aliphatic heterocycles. The Morgan fingerprint density at radius 1 is 0.560 bits per heavy atom. The third-order valence-electron chi connectivity index (χ3n) is 13.7. The highest BCUT2D eigenvalue weighted by Gasteiger charge is 2.57. The van der Waals surface area contributed by atoms with Gasteiger partial charge in [-0.1, -0.05) is 117 Å². The highest BCUT2D eigenvalue weighted by Crippen LogP contribution is 2.62. The predicted molar refractivity (Wildman–Crippen MR) is 208 cm³/mol. The van der Waals surface area contributed by atoms with Crippen molar-refractivity contribution in [2.24, 2.45) is 5.41 Å². The average molecular weight is 659 g/mol. The summed E-state index contributed by atoms with van der Waals surface area (Å²) < 4.78 is 0. The fourth-order valence-corrected chi connectivity index (χ4v) is 9.09. The molecule has 0 bridgehead atoms. The van der Waals surface area contributed by atoms with Crippen LogP contribution in [0.2, 0.25) is 0 Å². The Balaban J connectivity index is 1.12. The van der Waals surface area contributed by atoms with Crippen molar-refractivity contribution in [2.45, 2.75) is 110 Å². The van der Waals surface area contributed by atoms with E-state index in [1.54, 1.807) is 0 Å². The van der Waals surface area contributed by atoms with Gasteiger partial charge in [0.25, 0.3) is 0 Å². The van der Waals surface area contributed by atoms with Gasteiger partial charge in [0.2, 0.25) is 0 Å². The van der Waals surface area contributed by atoms with Crippen LogP contribution in [0.5, 0.6) is 0 Å². The molecule has 4 aromatic carbocycles. The van der Waals surface area contributed by atoms with Crippen molar-refractivity contribution in [3.8, 4) is 22.5 Å². The number of hydrogen-bond acceptors (Lipinski definition) is 4. The second-order valence-electron chi connectivity index (χ2n) is 17.7. The second-order valence-corrected chi connectivity index (χ2v) is 17.7. The van der Waals surface area contributed by atoms with Gasteiger partial charge in [0, 0.05) is 11.1 Å². The van der Waals surface area contributed by atoms with Crippen LogP contribution in [0, 0.1) is 12.3 Å². The lowest BCUT2D eigenvalue weighted by Crippen LogP contribution is -2.42. The summed E-state index contributed by atoms with van der Waals surface area (Å²) in [5.41, 5.74) is 16.2. The van der Waals surface area contributed by atoms with Crippen molar-refractivity contribution in [3.63, 3.8) is 0 Å². The fraction of sp³-hybridized carbons (Fsp3) is 0.391. The van der Waals surface area contributed by atoms with Gasteiger partial charge in [0.05, 0.1) is 45.3 Å². The number of hydrogen-bond donors (Lipinski definition) is 0. The van der Waals surface area contributed by atoms with E-state index in [2.05, 4.69) is 142 Å². The van der Waals surface area contributed by atoms with E-state index in [0.29, 0.717) is 0 Å². The lowest BCUT2D eigenvalue weighted by atomic mass is 9.59. The van der Waals surface area contributed by atoms with Crippen LogP contribution in [0.25, 0.3) is 44.6 Å². The number of aryl methyl sites for hydroxylation is 1. The normalized spacial score (nSPS) is 21.2. The molecule has 0 saturated heterocycles. The maximum Gasteiger partial charge on any atom is 0.0922 e. The summed E-state index contributed by atoms with van der Waals surface area (Å²) in [4.78, 5) is 20.4. The maximum atomic E-state index is 5.27. The van der Waals surface area contributed by atoms with Crippen molar-refractivity contribution in [1.82, 2.24) is 19.9 Å². The largest absolute Gasteiger partial charge is 0.252 e. The molecule has 0 amide bonds. The molecule has 1 atom stereocenters. The molecule has 0 saturated carbocycles. The Labute approximate surface area is 297 Å².